The average molecular weight is 253 g/mol. The van der Waals surface area contributed by atoms with Crippen LogP contribution in [0.1, 0.15) is 31.2 Å². The highest BCUT2D eigenvalue weighted by atomic mass is 32.1. The lowest BCUT2D eigenvalue weighted by Gasteiger charge is -2.01. The Balaban J connectivity index is 2.24. The van der Waals surface area contributed by atoms with Crippen LogP contribution in [0.2, 0.25) is 0 Å². The normalized spacial score (nSPS) is 10.7. The highest BCUT2D eigenvalue weighted by Gasteiger charge is 2.00. The van der Waals surface area contributed by atoms with Crippen LogP contribution in [-0.2, 0) is 13.0 Å². The molecule has 1 heterocycles. The lowest BCUT2D eigenvalue weighted by Crippen LogP contribution is -2.32. The first-order valence-electron chi connectivity index (χ1n) is 6.60. The number of nitrogens with zero attached hydrogens (tertiary/aromatic N) is 1. The van der Waals surface area contributed by atoms with Crippen molar-refractivity contribution in [3.63, 3.8) is 0 Å². The number of rotatable bonds is 9. The van der Waals surface area contributed by atoms with Crippen molar-refractivity contribution in [2.45, 2.75) is 38.6 Å². The number of unbranched alkanes of at least 4 members (excludes halogenated alkanes) is 2. The molecule has 0 spiro atoms. The molecular weight excluding hydrogens is 228 g/mol. The Hall–Kier alpha value is -0.540. The van der Waals surface area contributed by atoms with Crippen molar-refractivity contribution >= 4 is 12.6 Å². The number of aromatic nitrogens is 1. The van der Waals surface area contributed by atoms with Crippen LogP contribution in [0.5, 0.6) is 0 Å². The molecule has 0 atom stereocenters. The van der Waals surface area contributed by atoms with Crippen molar-refractivity contribution in [1.29, 1.82) is 0 Å². The second-order valence-corrected chi connectivity index (χ2v) is 4.88. The lowest BCUT2D eigenvalue weighted by molar-refractivity contribution is -0.697. The molecule has 2 nitrogen and oxygen atoms in total. The SMILES string of the molecule is CNCCCc1cc[n+](CCCCCS)cc1. The quantitative estimate of drug-likeness (QED) is 0.392. The van der Waals surface area contributed by atoms with Crippen molar-refractivity contribution in [3.05, 3.63) is 30.1 Å². The fourth-order valence-electron chi connectivity index (χ4n) is 1.86. The van der Waals surface area contributed by atoms with Gasteiger partial charge in [-0.15, -0.1) is 0 Å². The first-order valence-corrected chi connectivity index (χ1v) is 7.23. The number of pyridine rings is 1. The van der Waals surface area contributed by atoms with Gasteiger partial charge < -0.3 is 5.32 Å². The van der Waals surface area contributed by atoms with Crippen LogP contribution in [0.25, 0.3) is 0 Å². The van der Waals surface area contributed by atoms with E-state index < -0.39 is 0 Å². The smallest absolute Gasteiger partial charge is 0.169 e. The maximum absolute atomic E-state index is 4.22. The standard InChI is InChI=1S/C14H24N2S/c1-15-9-5-6-14-7-11-16(12-8-14)10-3-2-4-13-17/h7-8,11-12,15H,2-6,9-10,13H2,1H3/p+1. The van der Waals surface area contributed by atoms with Gasteiger partial charge in [0.15, 0.2) is 12.4 Å². The van der Waals surface area contributed by atoms with Crippen LogP contribution in [0.4, 0.5) is 0 Å². The van der Waals surface area contributed by atoms with Crippen LogP contribution in [0, 0.1) is 0 Å². The molecule has 0 aromatic carbocycles. The van der Waals surface area contributed by atoms with Gasteiger partial charge in [0.1, 0.15) is 6.54 Å². The summed E-state index contributed by atoms with van der Waals surface area (Å²) in [5.41, 5.74) is 1.44. The first-order chi connectivity index (χ1) is 8.36. The molecule has 1 N–H and O–H groups in total. The van der Waals surface area contributed by atoms with E-state index in [1.807, 2.05) is 7.05 Å². The van der Waals surface area contributed by atoms with Crippen molar-refractivity contribution in [2.75, 3.05) is 19.3 Å². The Bertz CT molecular complexity index is 285. The van der Waals surface area contributed by atoms with E-state index in [0.29, 0.717) is 0 Å². The van der Waals surface area contributed by atoms with Gasteiger partial charge in [-0.3, -0.25) is 0 Å². The third-order valence-corrected chi connectivity index (χ3v) is 3.24. The molecule has 0 unspecified atom stereocenters. The first kappa shape index (κ1) is 14.5. The van der Waals surface area contributed by atoms with Gasteiger partial charge >= 0.3 is 0 Å². The predicted octanol–water partition coefficient (Wildman–Crippen LogP) is 2.23. The Morgan fingerprint density at radius 1 is 1.12 bits per heavy atom. The van der Waals surface area contributed by atoms with Gasteiger partial charge in [0, 0.05) is 18.6 Å². The number of hydrogen-bond acceptors (Lipinski definition) is 2. The Morgan fingerprint density at radius 2 is 1.88 bits per heavy atom. The van der Waals surface area contributed by atoms with Crippen LogP contribution in [-0.4, -0.2) is 19.3 Å². The van der Waals surface area contributed by atoms with E-state index >= 15 is 0 Å². The molecule has 1 rings (SSSR count). The molecule has 96 valence electrons. The minimum atomic E-state index is 1.01. The molecule has 0 aliphatic rings. The number of aryl methyl sites for hydroxylation is 2. The zero-order valence-electron chi connectivity index (χ0n) is 10.9. The largest absolute Gasteiger partial charge is 0.320 e. The van der Waals surface area contributed by atoms with Gasteiger partial charge in [0.25, 0.3) is 0 Å². The molecule has 0 aliphatic heterocycles. The summed E-state index contributed by atoms with van der Waals surface area (Å²) in [5, 5.41) is 3.18. The molecule has 0 aliphatic carbocycles. The predicted molar refractivity (Wildman–Crippen MR) is 76.6 cm³/mol. The Morgan fingerprint density at radius 3 is 2.53 bits per heavy atom. The summed E-state index contributed by atoms with van der Waals surface area (Å²) < 4.78 is 2.28. The second-order valence-electron chi connectivity index (χ2n) is 4.44. The molecule has 0 bridgehead atoms. The molecule has 0 radical (unpaired) electrons. The maximum atomic E-state index is 4.22. The highest BCUT2D eigenvalue weighted by Crippen LogP contribution is 2.00. The van der Waals surface area contributed by atoms with Crippen molar-refractivity contribution < 1.29 is 4.57 Å². The minimum absolute atomic E-state index is 1.01. The van der Waals surface area contributed by atoms with Crippen molar-refractivity contribution in [2.24, 2.45) is 0 Å². The molecule has 3 heteroatoms. The minimum Gasteiger partial charge on any atom is -0.320 e. The molecular formula is C14H25N2S+. The third kappa shape index (κ3) is 6.69. The summed E-state index contributed by atoms with van der Waals surface area (Å²) in [6, 6.07) is 4.49. The third-order valence-electron chi connectivity index (χ3n) is 2.93. The van der Waals surface area contributed by atoms with Gasteiger partial charge in [0.05, 0.1) is 0 Å². The Labute approximate surface area is 111 Å². The van der Waals surface area contributed by atoms with E-state index in [0.717, 1.165) is 18.8 Å². The molecule has 17 heavy (non-hydrogen) atoms. The summed E-state index contributed by atoms with van der Waals surface area (Å²) in [5.74, 6) is 1.01. The van der Waals surface area contributed by atoms with Gasteiger partial charge in [-0.05, 0) is 50.6 Å². The zero-order valence-corrected chi connectivity index (χ0v) is 11.8. The van der Waals surface area contributed by atoms with Gasteiger partial charge in [-0.1, -0.05) is 0 Å². The maximum Gasteiger partial charge on any atom is 0.169 e. The molecule has 0 amide bonds. The van der Waals surface area contributed by atoms with Gasteiger partial charge in [0.2, 0.25) is 0 Å². The zero-order chi connectivity index (χ0) is 12.3. The summed E-state index contributed by atoms with van der Waals surface area (Å²) in [7, 11) is 2.00. The fraction of sp³-hybridized carbons (Fsp3) is 0.643. The lowest BCUT2D eigenvalue weighted by atomic mass is 10.1. The summed E-state index contributed by atoms with van der Waals surface area (Å²) in [4.78, 5) is 0. The van der Waals surface area contributed by atoms with Crippen LogP contribution in [0.15, 0.2) is 24.5 Å². The number of hydrogen-bond donors (Lipinski definition) is 2. The van der Waals surface area contributed by atoms with Crippen LogP contribution in [0.3, 0.4) is 0 Å². The summed E-state index contributed by atoms with van der Waals surface area (Å²) >= 11 is 4.22. The molecule has 0 saturated carbocycles. The molecule has 0 fully saturated rings. The highest BCUT2D eigenvalue weighted by molar-refractivity contribution is 7.80. The van der Waals surface area contributed by atoms with Crippen LogP contribution >= 0.6 is 12.6 Å². The molecule has 1 aromatic heterocycles. The number of nitrogens with one attached hydrogen (secondary N) is 1. The van der Waals surface area contributed by atoms with E-state index in [2.05, 4.69) is 47.0 Å². The van der Waals surface area contributed by atoms with Gasteiger partial charge in [-0.25, -0.2) is 4.57 Å². The van der Waals surface area contributed by atoms with Crippen molar-refractivity contribution in [3.8, 4) is 0 Å². The van der Waals surface area contributed by atoms with Crippen LogP contribution < -0.4 is 9.88 Å². The second kappa shape index (κ2) is 9.49. The summed E-state index contributed by atoms with van der Waals surface area (Å²) in [6.07, 6.45) is 10.5. The van der Waals surface area contributed by atoms with E-state index in [-0.39, 0.29) is 0 Å². The van der Waals surface area contributed by atoms with Crippen molar-refractivity contribution in [1.82, 2.24) is 5.32 Å². The van der Waals surface area contributed by atoms with Gasteiger partial charge in [-0.2, -0.15) is 12.6 Å². The summed E-state index contributed by atoms with van der Waals surface area (Å²) in [6.45, 7) is 2.23. The fourth-order valence-corrected chi connectivity index (χ4v) is 2.08. The molecule has 0 saturated heterocycles. The number of thiol groups is 1. The monoisotopic (exact) mass is 253 g/mol. The Kier molecular flexibility index (Phi) is 8.10. The van der Waals surface area contributed by atoms with E-state index in [1.165, 1.54) is 37.7 Å². The topological polar surface area (TPSA) is 15.9 Å². The molecule has 1 aromatic rings. The van der Waals surface area contributed by atoms with E-state index in [4.69, 9.17) is 0 Å². The van der Waals surface area contributed by atoms with E-state index in [1.54, 1.807) is 0 Å². The average Bonchev–Trinajstić information content (AvgIpc) is 2.37. The van der Waals surface area contributed by atoms with E-state index in [9.17, 15) is 0 Å².